The van der Waals surface area contributed by atoms with Gasteiger partial charge in [-0.05, 0) is 35.6 Å². The van der Waals surface area contributed by atoms with Crippen molar-refractivity contribution in [3.8, 4) is 11.1 Å². The second-order valence-corrected chi connectivity index (χ2v) is 8.38. The van der Waals surface area contributed by atoms with Crippen LogP contribution in [0.2, 0.25) is 0 Å². The molecule has 0 radical (unpaired) electrons. The van der Waals surface area contributed by atoms with Gasteiger partial charge in [-0.3, -0.25) is 4.79 Å². The number of hydrogen-bond donors (Lipinski definition) is 3. The number of hydrogen-bond acceptors (Lipinski definition) is 6. The van der Waals surface area contributed by atoms with Crippen molar-refractivity contribution >= 4 is 18.0 Å². The van der Waals surface area contributed by atoms with Crippen LogP contribution in [0.1, 0.15) is 53.0 Å². The molecule has 0 saturated heterocycles. The second-order valence-electron chi connectivity index (χ2n) is 8.38. The van der Waals surface area contributed by atoms with Crippen LogP contribution in [0, 0.1) is 0 Å². The molecular weight excluding hydrogens is 448 g/mol. The van der Waals surface area contributed by atoms with Gasteiger partial charge in [0.2, 0.25) is 5.91 Å². The number of nitrogens with zero attached hydrogens (tertiary/aromatic N) is 2. The highest BCUT2D eigenvalue weighted by molar-refractivity contribution is 5.86. The van der Waals surface area contributed by atoms with Crippen LogP contribution in [0.3, 0.4) is 0 Å². The SMILES string of the molecule is CC(CCC(=O)NCc1ncc(C(=O)O)cn1)NC(=O)OCC1c2ccccc2-c2ccccc21. The minimum Gasteiger partial charge on any atom is -0.478 e. The average Bonchev–Trinajstić information content (AvgIpc) is 3.19. The van der Waals surface area contributed by atoms with Crippen molar-refractivity contribution in [3.63, 3.8) is 0 Å². The van der Waals surface area contributed by atoms with Crippen molar-refractivity contribution < 1.29 is 24.2 Å². The molecule has 2 amide bonds. The van der Waals surface area contributed by atoms with Crippen molar-refractivity contribution in [1.29, 1.82) is 0 Å². The summed E-state index contributed by atoms with van der Waals surface area (Å²) in [6, 6.07) is 16.0. The first-order valence-electron chi connectivity index (χ1n) is 11.3. The molecule has 9 heteroatoms. The Morgan fingerprint density at radius 1 is 1.00 bits per heavy atom. The number of ether oxygens (including phenoxy) is 1. The van der Waals surface area contributed by atoms with Crippen molar-refractivity contribution in [2.24, 2.45) is 0 Å². The Kier molecular flexibility index (Phi) is 7.35. The van der Waals surface area contributed by atoms with Gasteiger partial charge in [-0.2, -0.15) is 0 Å². The van der Waals surface area contributed by atoms with E-state index in [9.17, 15) is 14.4 Å². The third-order valence-corrected chi connectivity index (χ3v) is 5.91. The van der Waals surface area contributed by atoms with Gasteiger partial charge in [0.15, 0.2) is 0 Å². The predicted octanol–water partition coefficient (Wildman–Crippen LogP) is 3.50. The number of carbonyl (C=O) groups excluding carboxylic acids is 2. The molecule has 0 spiro atoms. The smallest absolute Gasteiger partial charge is 0.407 e. The summed E-state index contributed by atoms with van der Waals surface area (Å²) in [6.07, 6.45) is 2.48. The van der Waals surface area contributed by atoms with Crippen LogP contribution in [0.25, 0.3) is 11.1 Å². The first-order valence-corrected chi connectivity index (χ1v) is 11.3. The molecule has 0 bridgehead atoms. The lowest BCUT2D eigenvalue weighted by Gasteiger charge is -2.17. The van der Waals surface area contributed by atoms with E-state index >= 15 is 0 Å². The van der Waals surface area contributed by atoms with Crippen molar-refractivity contribution in [3.05, 3.63) is 83.4 Å². The molecule has 1 aromatic heterocycles. The quantitative estimate of drug-likeness (QED) is 0.433. The molecule has 1 aliphatic carbocycles. The summed E-state index contributed by atoms with van der Waals surface area (Å²) >= 11 is 0. The number of amides is 2. The molecule has 3 N–H and O–H groups in total. The van der Waals surface area contributed by atoms with Gasteiger partial charge in [0.1, 0.15) is 12.4 Å². The summed E-state index contributed by atoms with van der Waals surface area (Å²) in [6.45, 7) is 2.13. The van der Waals surface area contributed by atoms with E-state index in [4.69, 9.17) is 9.84 Å². The van der Waals surface area contributed by atoms with Crippen LogP contribution in [-0.4, -0.2) is 45.7 Å². The first-order chi connectivity index (χ1) is 16.9. The summed E-state index contributed by atoms with van der Waals surface area (Å²) in [7, 11) is 0. The number of carboxylic acid groups (broad SMARTS) is 1. The van der Waals surface area contributed by atoms with Crippen LogP contribution >= 0.6 is 0 Å². The Bertz CT molecular complexity index is 1180. The van der Waals surface area contributed by atoms with E-state index in [0.717, 1.165) is 11.1 Å². The molecule has 1 atom stereocenters. The first kappa shape index (κ1) is 23.9. The summed E-state index contributed by atoms with van der Waals surface area (Å²) < 4.78 is 5.54. The largest absolute Gasteiger partial charge is 0.478 e. The molecule has 1 aliphatic rings. The molecule has 9 nitrogen and oxygen atoms in total. The third kappa shape index (κ3) is 5.81. The normalized spacial score (nSPS) is 12.8. The van der Waals surface area contributed by atoms with E-state index in [0.29, 0.717) is 12.2 Å². The zero-order chi connectivity index (χ0) is 24.8. The van der Waals surface area contributed by atoms with Crippen LogP contribution in [0.5, 0.6) is 0 Å². The molecular formula is C26H26N4O5. The van der Waals surface area contributed by atoms with Gasteiger partial charge in [0.25, 0.3) is 0 Å². The van der Waals surface area contributed by atoms with Crippen molar-refractivity contribution in [1.82, 2.24) is 20.6 Å². The number of aromatic carboxylic acids is 1. The third-order valence-electron chi connectivity index (χ3n) is 5.91. The highest BCUT2D eigenvalue weighted by atomic mass is 16.5. The fraction of sp³-hybridized carbons (Fsp3) is 0.269. The summed E-state index contributed by atoms with van der Waals surface area (Å²) in [4.78, 5) is 43.1. The lowest BCUT2D eigenvalue weighted by atomic mass is 9.98. The number of carboxylic acids is 1. The highest BCUT2D eigenvalue weighted by Crippen LogP contribution is 2.44. The lowest BCUT2D eigenvalue weighted by Crippen LogP contribution is -2.35. The van der Waals surface area contributed by atoms with Crippen molar-refractivity contribution in [2.45, 2.75) is 38.3 Å². The molecule has 0 fully saturated rings. The van der Waals surface area contributed by atoms with E-state index in [1.54, 1.807) is 0 Å². The lowest BCUT2D eigenvalue weighted by molar-refractivity contribution is -0.121. The monoisotopic (exact) mass is 474 g/mol. The number of alkyl carbamates (subject to hydrolysis) is 1. The molecule has 4 rings (SSSR count). The minimum atomic E-state index is -1.11. The number of aromatic nitrogens is 2. The van der Waals surface area contributed by atoms with Gasteiger partial charge in [-0.1, -0.05) is 48.5 Å². The molecule has 1 heterocycles. The fourth-order valence-electron chi connectivity index (χ4n) is 4.08. The Morgan fingerprint density at radius 2 is 1.60 bits per heavy atom. The molecule has 1 unspecified atom stereocenters. The molecule has 35 heavy (non-hydrogen) atoms. The van der Waals surface area contributed by atoms with E-state index in [1.165, 1.54) is 23.5 Å². The Balaban J connectivity index is 1.20. The van der Waals surface area contributed by atoms with Crippen LogP contribution in [0.4, 0.5) is 4.79 Å². The molecule has 2 aromatic carbocycles. The Hall–Kier alpha value is -4.27. The van der Waals surface area contributed by atoms with Gasteiger partial charge >= 0.3 is 12.1 Å². The highest BCUT2D eigenvalue weighted by Gasteiger charge is 2.29. The molecule has 3 aromatic rings. The maximum absolute atomic E-state index is 12.4. The molecule has 0 aliphatic heterocycles. The fourth-order valence-corrected chi connectivity index (χ4v) is 4.08. The summed E-state index contributed by atoms with van der Waals surface area (Å²) in [5, 5.41) is 14.3. The topological polar surface area (TPSA) is 131 Å². The number of rotatable bonds is 9. The number of nitrogens with one attached hydrogen (secondary N) is 2. The van der Waals surface area contributed by atoms with Crippen LogP contribution in [0.15, 0.2) is 60.9 Å². The van der Waals surface area contributed by atoms with Crippen LogP contribution in [-0.2, 0) is 16.1 Å². The zero-order valence-electron chi connectivity index (χ0n) is 19.2. The van der Waals surface area contributed by atoms with Gasteiger partial charge < -0.3 is 20.5 Å². The van der Waals surface area contributed by atoms with E-state index in [2.05, 4.69) is 44.9 Å². The van der Waals surface area contributed by atoms with E-state index in [1.807, 2.05) is 31.2 Å². The summed E-state index contributed by atoms with van der Waals surface area (Å²) in [5.74, 6) is -1.04. The Morgan fingerprint density at radius 3 is 2.20 bits per heavy atom. The zero-order valence-corrected chi connectivity index (χ0v) is 19.2. The number of carbonyl (C=O) groups is 3. The minimum absolute atomic E-state index is 0.0129. The number of fused-ring (bicyclic) bond motifs is 3. The van der Waals surface area contributed by atoms with E-state index in [-0.39, 0.29) is 43.0 Å². The summed E-state index contributed by atoms with van der Waals surface area (Å²) in [5.41, 5.74) is 4.60. The predicted molar refractivity (Wildman–Crippen MR) is 128 cm³/mol. The van der Waals surface area contributed by atoms with Gasteiger partial charge in [-0.25, -0.2) is 19.6 Å². The van der Waals surface area contributed by atoms with E-state index < -0.39 is 12.1 Å². The molecule has 180 valence electrons. The van der Waals surface area contributed by atoms with Gasteiger partial charge in [0, 0.05) is 30.8 Å². The standard InChI is InChI=1S/C26H26N4O5/c1-16(10-11-24(31)29-14-23-27-12-17(13-28-23)25(32)33)30-26(34)35-15-22-20-8-4-2-6-18(20)19-7-3-5-9-21(19)22/h2-9,12-13,16,22H,10-11,14-15H2,1H3,(H,29,31)(H,30,34)(H,32,33). The second kappa shape index (κ2) is 10.8. The van der Waals surface area contributed by atoms with Crippen LogP contribution < -0.4 is 10.6 Å². The van der Waals surface area contributed by atoms with Gasteiger partial charge in [-0.15, -0.1) is 0 Å². The number of benzene rings is 2. The van der Waals surface area contributed by atoms with Gasteiger partial charge in [0.05, 0.1) is 12.1 Å². The maximum atomic E-state index is 12.4. The Labute approximate surface area is 202 Å². The average molecular weight is 475 g/mol. The molecule has 0 saturated carbocycles. The van der Waals surface area contributed by atoms with Crippen molar-refractivity contribution in [2.75, 3.05) is 6.61 Å². The maximum Gasteiger partial charge on any atom is 0.407 e.